The molecule has 0 aromatic heterocycles. The maximum atomic E-state index is 2.42. The highest BCUT2D eigenvalue weighted by molar-refractivity contribution is 4.88. The molecule has 0 aromatic carbocycles. The van der Waals surface area contributed by atoms with Crippen LogP contribution in [0.5, 0.6) is 0 Å². The third kappa shape index (κ3) is 4.20. The Hall–Kier alpha value is -0.300. The first kappa shape index (κ1) is 10.7. The summed E-state index contributed by atoms with van der Waals surface area (Å²) in [4.78, 5) is 0. The topological polar surface area (TPSA) is 31.5 Å². The van der Waals surface area contributed by atoms with Crippen LogP contribution in [0.25, 0.3) is 0 Å². The quantitative estimate of drug-likeness (QED) is 0.550. The van der Waals surface area contributed by atoms with Crippen molar-refractivity contribution in [2.45, 2.75) is 45.4 Å². The van der Waals surface area contributed by atoms with Crippen molar-refractivity contribution < 1.29 is 5.48 Å². The number of hydrogen-bond donors (Lipinski definition) is 0. The van der Waals surface area contributed by atoms with Crippen LogP contribution in [0.1, 0.15) is 45.4 Å². The second kappa shape index (κ2) is 6.41. The molecule has 1 nitrogen and oxygen atoms in total. The molecular weight excluding hydrogens is 136 g/mol. The van der Waals surface area contributed by atoms with Crippen molar-refractivity contribution in [2.75, 3.05) is 0 Å². The second-order valence-electron chi connectivity index (χ2n) is 3.23. The third-order valence-corrected chi connectivity index (χ3v) is 2.29. The van der Waals surface area contributed by atoms with E-state index >= 15 is 0 Å². The van der Waals surface area contributed by atoms with Crippen molar-refractivity contribution in [2.24, 2.45) is 5.92 Å². The zero-order valence-corrected chi connectivity index (χ0v) is 7.47. The van der Waals surface area contributed by atoms with E-state index in [1.807, 2.05) is 0 Å². The van der Waals surface area contributed by atoms with Crippen molar-refractivity contribution in [3.63, 3.8) is 0 Å². The zero-order chi connectivity index (χ0) is 7.23. The Morgan fingerprint density at radius 2 is 1.82 bits per heavy atom. The summed E-state index contributed by atoms with van der Waals surface area (Å²) in [7, 11) is 0. The summed E-state index contributed by atoms with van der Waals surface area (Å²) in [6.45, 7) is 2.21. The molecule has 1 saturated carbocycles. The first-order chi connectivity index (χ1) is 4.93. The molecule has 11 heavy (non-hydrogen) atoms. The minimum atomic E-state index is 0. The van der Waals surface area contributed by atoms with Gasteiger partial charge in [0.15, 0.2) is 0 Å². The van der Waals surface area contributed by atoms with Gasteiger partial charge in [0.2, 0.25) is 0 Å². The number of hydrogen-bond acceptors (Lipinski definition) is 0. The van der Waals surface area contributed by atoms with E-state index in [4.69, 9.17) is 0 Å². The maximum Gasteiger partial charge on any atom is -0.0234 e. The molecule has 1 rings (SSSR count). The molecule has 0 spiro atoms. The van der Waals surface area contributed by atoms with Crippen LogP contribution in [0.4, 0.5) is 0 Å². The van der Waals surface area contributed by atoms with E-state index in [0.29, 0.717) is 0 Å². The lowest BCUT2D eigenvalue weighted by Gasteiger charge is -2.17. The number of allylic oxidation sites excluding steroid dienone is 2. The lowest BCUT2D eigenvalue weighted by molar-refractivity contribution is 0.419. The summed E-state index contributed by atoms with van der Waals surface area (Å²) < 4.78 is 0. The Morgan fingerprint density at radius 3 is 2.36 bits per heavy atom. The van der Waals surface area contributed by atoms with Gasteiger partial charge in [0.25, 0.3) is 0 Å². The van der Waals surface area contributed by atoms with Gasteiger partial charge in [0, 0.05) is 0 Å². The molecule has 1 fully saturated rings. The normalized spacial score (nSPS) is 20.1. The third-order valence-electron chi connectivity index (χ3n) is 2.29. The molecule has 0 unspecified atom stereocenters. The van der Waals surface area contributed by atoms with E-state index in [-0.39, 0.29) is 5.48 Å². The lowest BCUT2D eigenvalue weighted by Crippen LogP contribution is -2.02. The minimum absolute atomic E-state index is 0. The molecule has 0 radical (unpaired) electrons. The van der Waals surface area contributed by atoms with Gasteiger partial charge < -0.3 is 5.48 Å². The first-order valence-corrected chi connectivity index (χ1v) is 4.60. The van der Waals surface area contributed by atoms with Gasteiger partial charge in [-0.15, -0.1) is 0 Å². The summed E-state index contributed by atoms with van der Waals surface area (Å²) in [5, 5.41) is 0. The fourth-order valence-corrected chi connectivity index (χ4v) is 1.66. The van der Waals surface area contributed by atoms with Crippen molar-refractivity contribution >= 4 is 0 Å². The van der Waals surface area contributed by atoms with Crippen LogP contribution in [0, 0.1) is 5.92 Å². The summed E-state index contributed by atoms with van der Waals surface area (Å²) in [5.41, 5.74) is 0. The Labute approximate surface area is 69.8 Å². The average molecular weight is 156 g/mol. The molecule has 0 atom stereocenters. The molecule has 66 valence electrons. The van der Waals surface area contributed by atoms with Crippen molar-refractivity contribution in [3.8, 4) is 0 Å². The Balaban J connectivity index is 0.000001000. The molecule has 0 aliphatic heterocycles. The van der Waals surface area contributed by atoms with Crippen LogP contribution in [0.3, 0.4) is 0 Å². The predicted molar refractivity (Wildman–Crippen MR) is 49.6 cm³/mol. The highest BCUT2D eigenvalue weighted by Gasteiger charge is 2.08. The van der Waals surface area contributed by atoms with Gasteiger partial charge in [0.05, 0.1) is 0 Å². The van der Waals surface area contributed by atoms with Crippen LogP contribution in [0.2, 0.25) is 0 Å². The summed E-state index contributed by atoms with van der Waals surface area (Å²) >= 11 is 0. The van der Waals surface area contributed by atoms with E-state index in [2.05, 4.69) is 19.1 Å². The second-order valence-corrected chi connectivity index (χ2v) is 3.23. The van der Waals surface area contributed by atoms with E-state index in [0.717, 1.165) is 5.92 Å². The average Bonchev–Trinajstić information content (AvgIpc) is 2.03. The van der Waals surface area contributed by atoms with Gasteiger partial charge in [-0.05, 0) is 25.2 Å². The molecular formula is C10H20O. The van der Waals surface area contributed by atoms with Gasteiger partial charge in [-0.25, -0.2) is 0 Å². The summed E-state index contributed by atoms with van der Waals surface area (Å²) in [6.07, 6.45) is 13.2. The largest absolute Gasteiger partial charge is 0.412 e. The fraction of sp³-hybridized carbons (Fsp3) is 0.800. The summed E-state index contributed by atoms with van der Waals surface area (Å²) in [5.74, 6) is 0.925. The van der Waals surface area contributed by atoms with E-state index in [1.165, 1.54) is 38.5 Å². The molecule has 1 aliphatic rings. The van der Waals surface area contributed by atoms with Crippen LogP contribution < -0.4 is 0 Å². The van der Waals surface area contributed by atoms with Crippen LogP contribution >= 0.6 is 0 Å². The standard InChI is InChI=1S/C10H18.H2O/c1-2-3-7-10-8-5-4-6-9-10;/h3,7,10H,2,4-6,8-9H2,1H3;1H2/b7-3+;. The number of rotatable bonds is 2. The predicted octanol–water partition coefficient (Wildman–Crippen LogP) is 2.71. The molecule has 0 bridgehead atoms. The van der Waals surface area contributed by atoms with Gasteiger partial charge in [-0.2, -0.15) is 0 Å². The highest BCUT2D eigenvalue weighted by atomic mass is 16.0. The van der Waals surface area contributed by atoms with Crippen molar-refractivity contribution in [1.82, 2.24) is 0 Å². The minimum Gasteiger partial charge on any atom is -0.412 e. The molecule has 0 amide bonds. The first-order valence-electron chi connectivity index (χ1n) is 4.60. The molecule has 1 aliphatic carbocycles. The molecule has 1 heteroatoms. The Bertz CT molecular complexity index is 101. The van der Waals surface area contributed by atoms with E-state index in [1.54, 1.807) is 0 Å². The zero-order valence-electron chi connectivity index (χ0n) is 7.47. The molecule has 0 saturated heterocycles. The van der Waals surface area contributed by atoms with Gasteiger partial charge in [0.1, 0.15) is 0 Å². The van der Waals surface area contributed by atoms with Crippen LogP contribution in [-0.2, 0) is 0 Å². The van der Waals surface area contributed by atoms with Gasteiger partial charge >= 0.3 is 0 Å². The summed E-state index contributed by atoms with van der Waals surface area (Å²) in [6, 6.07) is 0. The SMILES string of the molecule is CC/C=C/C1CCCCC1.O. The molecule has 0 heterocycles. The van der Waals surface area contributed by atoms with Crippen molar-refractivity contribution in [3.05, 3.63) is 12.2 Å². The smallest absolute Gasteiger partial charge is 0.0234 e. The fourth-order valence-electron chi connectivity index (χ4n) is 1.66. The van der Waals surface area contributed by atoms with Gasteiger partial charge in [-0.3, -0.25) is 0 Å². The van der Waals surface area contributed by atoms with Crippen LogP contribution in [0.15, 0.2) is 12.2 Å². The van der Waals surface area contributed by atoms with Crippen molar-refractivity contribution in [1.29, 1.82) is 0 Å². The maximum absolute atomic E-state index is 2.42. The van der Waals surface area contributed by atoms with E-state index < -0.39 is 0 Å². The molecule has 0 aromatic rings. The molecule has 2 N–H and O–H groups in total. The Morgan fingerprint density at radius 1 is 1.18 bits per heavy atom. The monoisotopic (exact) mass is 156 g/mol. The van der Waals surface area contributed by atoms with E-state index in [9.17, 15) is 0 Å². The highest BCUT2D eigenvalue weighted by Crippen LogP contribution is 2.24. The van der Waals surface area contributed by atoms with Crippen LogP contribution in [-0.4, -0.2) is 5.48 Å². The van der Waals surface area contributed by atoms with Gasteiger partial charge in [-0.1, -0.05) is 38.3 Å². The lowest BCUT2D eigenvalue weighted by atomic mass is 9.89. The Kier molecular flexibility index (Phi) is 6.24.